The summed E-state index contributed by atoms with van der Waals surface area (Å²) < 4.78 is 15.7. The predicted molar refractivity (Wildman–Crippen MR) is 104 cm³/mol. The molecule has 3 aromatic rings. The molecule has 1 fully saturated rings. The van der Waals surface area contributed by atoms with E-state index in [1.165, 1.54) is 16.7 Å². The van der Waals surface area contributed by atoms with Crippen molar-refractivity contribution in [2.24, 2.45) is 0 Å². The molecule has 1 aromatic heterocycles. The highest BCUT2D eigenvalue weighted by molar-refractivity contribution is 8.00. The minimum Gasteiger partial charge on any atom is -0.352 e. The van der Waals surface area contributed by atoms with Crippen molar-refractivity contribution in [2.75, 3.05) is 0 Å². The molecule has 7 heteroatoms. The zero-order valence-electron chi connectivity index (χ0n) is 14.7. The Morgan fingerprint density at radius 3 is 2.67 bits per heavy atom. The minimum atomic E-state index is -0.520. The maximum Gasteiger partial charge on any atom is 0.266 e. The van der Waals surface area contributed by atoms with Crippen molar-refractivity contribution >= 4 is 28.6 Å². The maximum atomic E-state index is 14.4. The average Bonchev–Trinajstić information content (AvgIpc) is 3.47. The van der Waals surface area contributed by atoms with Gasteiger partial charge in [0.15, 0.2) is 5.16 Å². The van der Waals surface area contributed by atoms with Gasteiger partial charge in [-0.1, -0.05) is 36.0 Å². The molecule has 1 heterocycles. The van der Waals surface area contributed by atoms with E-state index in [-0.39, 0.29) is 23.2 Å². The SMILES string of the molecule is C[C@@H](Sc1nc2ccccc2c(=O)n1-c1ccccc1F)C(=O)NC1CC1. The molecule has 0 bridgehead atoms. The van der Waals surface area contributed by atoms with Gasteiger partial charge in [0, 0.05) is 6.04 Å². The van der Waals surface area contributed by atoms with Gasteiger partial charge in [-0.25, -0.2) is 9.37 Å². The minimum absolute atomic E-state index is 0.106. The Labute approximate surface area is 159 Å². The number of nitrogens with one attached hydrogen (secondary N) is 1. The molecule has 1 amide bonds. The van der Waals surface area contributed by atoms with Gasteiger partial charge < -0.3 is 5.32 Å². The Balaban J connectivity index is 1.82. The monoisotopic (exact) mass is 383 g/mol. The molecular formula is C20H18FN3O2S. The average molecular weight is 383 g/mol. The zero-order chi connectivity index (χ0) is 19.0. The van der Waals surface area contributed by atoms with Crippen LogP contribution < -0.4 is 10.9 Å². The van der Waals surface area contributed by atoms with Crippen LogP contribution in [-0.4, -0.2) is 26.8 Å². The van der Waals surface area contributed by atoms with E-state index in [0.717, 1.165) is 24.6 Å². The number of aromatic nitrogens is 2. The molecular weight excluding hydrogens is 365 g/mol. The Morgan fingerprint density at radius 2 is 1.93 bits per heavy atom. The molecule has 0 saturated heterocycles. The number of carbonyl (C=O) groups is 1. The van der Waals surface area contributed by atoms with E-state index in [2.05, 4.69) is 10.3 Å². The summed E-state index contributed by atoms with van der Waals surface area (Å²) in [7, 11) is 0. The molecule has 0 unspecified atom stereocenters. The second-order valence-corrected chi connectivity index (χ2v) is 7.85. The van der Waals surface area contributed by atoms with Crippen LogP contribution in [-0.2, 0) is 4.79 Å². The molecule has 1 N–H and O–H groups in total. The zero-order valence-corrected chi connectivity index (χ0v) is 15.5. The van der Waals surface area contributed by atoms with E-state index < -0.39 is 11.1 Å². The first kappa shape index (κ1) is 17.7. The van der Waals surface area contributed by atoms with Crippen molar-refractivity contribution in [1.29, 1.82) is 0 Å². The van der Waals surface area contributed by atoms with Crippen molar-refractivity contribution in [1.82, 2.24) is 14.9 Å². The van der Waals surface area contributed by atoms with Gasteiger partial charge in [0.05, 0.1) is 21.8 Å². The van der Waals surface area contributed by atoms with Crippen LogP contribution in [0.1, 0.15) is 19.8 Å². The standard InChI is InChI=1S/C20H18FN3O2S/c1-12(18(25)22-13-10-11-13)27-20-23-16-8-4-2-6-14(16)19(26)24(20)17-9-5-3-7-15(17)21/h2-9,12-13H,10-11H2,1H3,(H,22,25)/t12-/m1/s1. The molecule has 5 nitrogen and oxygen atoms in total. The fourth-order valence-electron chi connectivity index (χ4n) is 2.79. The van der Waals surface area contributed by atoms with Crippen molar-refractivity contribution < 1.29 is 9.18 Å². The molecule has 1 saturated carbocycles. The van der Waals surface area contributed by atoms with Crippen LogP contribution in [0.15, 0.2) is 58.5 Å². The number of carbonyl (C=O) groups excluding carboxylic acids is 1. The lowest BCUT2D eigenvalue weighted by molar-refractivity contribution is -0.120. The summed E-state index contributed by atoms with van der Waals surface area (Å²) in [4.78, 5) is 30.0. The van der Waals surface area contributed by atoms with Gasteiger partial charge in [-0.05, 0) is 44.0 Å². The van der Waals surface area contributed by atoms with Crippen LogP contribution in [0.2, 0.25) is 0 Å². The predicted octanol–water partition coefficient (Wildman–Crippen LogP) is 3.28. The van der Waals surface area contributed by atoms with Crippen molar-refractivity contribution in [3.8, 4) is 5.69 Å². The maximum absolute atomic E-state index is 14.4. The van der Waals surface area contributed by atoms with Crippen LogP contribution in [0.5, 0.6) is 0 Å². The number of rotatable bonds is 5. The summed E-state index contributed by atoms with van der Waals surface area (Å²) in [6.07, 6.45) is 1.99. The van der Waals surface area contributed by atoms with Gasteiger partial charge in [-0.3, -0.25) is 14.2 Å². The molecule has 27 heavy (non-hydrogen) atoms. The van der Waals surface area contributed by atoms with Crippen LogP contribution in [0.4, 0.5) is 4.39 Å². The van der Waals surface area contributed by atoms with Crippen molar-refractivity contribution in [3.05, 3.63) is 64.7 Å². The fraction of sp³-hybridized carbons (Fsp3) is 0.250. The molecule has 0 spiro atoms. The summed E-state index contributed by atoms with van der Waals surface area (Å²) in [5.74, 6) is -0.626. The van der Waals surface area contributed by atoms with E-state index in [1.54, 1.807) is 43.3 Å². The van der Waals surface area contributed by atoms with Gasteiger partial charge in [0.25, 0.3) is 5.56 Å². The molecule has 1 atom stereocenters. The first-order valence-electron chi connectivity index (χ1n) is 8.78. The van der Waals surface area contributed by atoms with Crippen LogP contribution in [0.25, 0.3) is 16.6 Å². The van der Waals surface area contributed by atoms with E-state index in [0.29, 0.717) is 16.1 Å². The lowest BCUT2D eigenvalue weighted by atomic mass is 10.2. The summed E-state index contributed by atoms with van der Waals surface area (Å²) in [6, 6.07) is 13.3. The number of halogens is 1. The number of para-hydroxylation sites is 2. The summed E-state index contributed by atoms with van der Waals surface area (Å²) in [6.45, 7) is 1.76. The highest BCUT2D eigenvalue weighted by Crippen LogP contribution is 2.27. The summed E-state index contributed by atoms with van der Waals surface area (Å²) in [5.41, 5.74) is 0.286. The van der Waals surface area contributed by atoms with E-state index in [1.807, 2.05) is 0 Å². The molecule has 0 radical (unpaired) electrons. The third kappa shape index (κ3) is 3.60. The quantitative estimate of drug-likeness (QED) is 0.542. The third-order valence-corrected chi connectivity index (χ3v) is 5.47. The topological polar surface area (TPSA) is 64.0 Å². The Morgan fingerprint density at radius 1 is 1.22 bits per heavy atom. The van der Waals surface area contributed by atoms with Crippen molar-refractivity contribution in [3.63, 3.8) is 0 Å². The number of hydrogen-bond acceptors (Lipinski definition) is 4. The summed E-state index contributed by atoms with van der Waals surface area (Å²) >= 11 is 1.15. The molecule has 2 aromatic carbocycles. The highest BCUT2D eigenvalue weighted by Gasteiger charge is 2.27. The lowest BCUT2D eigenvalue weighted by Gasteiger charge is -2.16. The smallest absolute Gasteiger partial charge is 0.266 e. The van der Waals surface area contributed by atoms with Crippen LogP contribution in [0, 0.1) is 5.82 Å². The van der Waals surface area contributed by atoms with E-state index in [4.69, 9.17) is 0 Å². The van der Waals surface area contributed by atoms with Gasteiger partial charge in [0.2, 0.25) is 5.91 Å². The number of amides is 1. The second-order valence-electron chi connectivity index (χ2n) is 6.55. The molecule has 4 rings (SSSR count). The third-order valence-electron chi connectivity index (χ3n) is 4.41. The van der Waals surface area contributed by atoms with Crippen molar-refractivity contribution in [2.45, 2.75) is 36.2 Å². The number of benzene rings is 2. The summed E-state index contributed by atoms with van der Waals surface area (Å²) in [5, 5.41) is 3.18. The second kappa shape index (κ2) is 7.15. The highest BCUT2D eigenvalue weighted by atomic mass is 32.2. The molecule has 0 aliphatic heterocycles. The lowest BCUT2D eigenvalue weighted by Crippen LogP contribution is -2.33. The van der Waals surface area contributed by atoms with Gasteiger partial charge in [0.1, 0.15) is 5.82 Å². The first-order chi connectivity index (χ1) is 13.0. The number of hydrogen-bond donors (Lipinski definition) is 1. The molecule has 1 aliphatic carbocycles. The largest absolute Gasteiger partial charge is 0.352 e. The van der Waals surface area contributed by atoms with Gasteiger partial charge in [-0.15, -0.1) is 0 Å². The Hall–Kier alpha value is -2.67. The van der Waals surface area contributed by atoms with Crippen LogP contribution in [0.3, 0.4) is 0 Å². The van der Waals surface area contributed by atoms with Gasteiger partial charge in [-0.2, -0.15) is 0 Å². The first-order valence-corrected chi connectivity index (χ1v) is 9.66. The Bertz CT molecular complexity index is 1080. The van der Waals surface area contributed by atoms with Gasteiger partial charge >= 0.3 is 0 Å². The molecule has 1 aliphatic rings. The Kier molecular flexibility index (Phi) is 4.70. The molecule has 138 valence electrons. The number of nitrogens with zero attached hydrogens (tertiary/aromatic N) is 2. The number of thioether (sulfide) groups is 1. The normalized spacial score (nSPS) is 14.9. The van der Waals surface area contributed by atoms with Crippen LogP contribution >= 0.6 is 11.8 Å². The van der Waals surface area contributed by atoms with E-state index in [9.17, 15) is 14.0 Å². The number of fused-ring (bicyclic) bond motifs is 1. The van der Waals surface area contributed by atoms with E-state index >= 15 is 0 Å². The fourth-order valence-corrected chi connectivity index (χ4v) is 3.72.